The van der Waals surface area contributed by atoms with Gasteiger partial charge in [-0.25, -0.2) is 10.5 Å². The predicted octanol–water partition coefficient (Wildman–Crippen LogP) is 6.13. The van der Waals surface area contributed by atoms with Gasteiger partial charge in [0.25, 0.3) is 0 Å². The molecule has 1 saturated heterocycles. The summed E-state index contributed by atoms with van der Waals surface area (Å²) in [5.74, 6) is 0.0827. The number of benzene rings is 3. The standard InChI is InChI=1S/C31H33N3O6S2/c35-18-20-12-14-21(15-13-20)26-17-24(19-41-31-33-25-8-1-2-9-27(25)42-31)39-30(40-26)22-6-5-7-23(16-22)32-28(36)10-3-4-11-29(37)34-38/h1-2,5-9,12-16,24,26,30,35,38H,3-4,10-11,17-19H2,(H,32,36)(H,34,37). The number of aromatic nitrogens is 1. The van der Waals surface area contributed by atoms with E-state index >= 15 is 0 Å². The summed E-state index contributed by atoms with van der Waals surface area (Å²) in [5.41, 5.74) is 5.86. The number of aliphatic hydroxyl groups excluding tert-OH is 1. The van der Waals surface area contributed by atoms with Gasteiger partial charge in [-0.1, -0.05) is 60.3 Å². The van der Waals surface area contributed by atoms with E-state index in [1.54, 1.807) is 28.6 Å². The third-order valence-electron chi connectivity index (χ3n) is 6.91. The molecule has 4 aromatic rings. The Morgan fingerprint density at radius 2 is 1.74 bits per heavy atom. The number of unbranched alkanes of at least 4 members (excludes halogenated alkanes) is 1. The Morgan fingerprint density at radius 3 is 2.50 bits per heavy atom. The Bertz CT molecular complexity index is 1460. The summed E-state index contributed by atoms with van der Waals surface area (Å²) >= 11 is 3.35. The lowest BCUT2D eigenvalue weighted by Gasteiger charge is -2.36. The van der Waals surface area contributed by atoms with Gasteiger partial charge in [-0.15, -0.1) is 11.3 Å². The highest BCUT2D eigenvalue weighted by atomic mass is 32.2. The van der Waals surface area contributed by atoms with Crippen molar-refractivity contribution in [3.8, 4) is 0 Å². The zero-order valence-electron chi connectivity index (χ0n) is 22.9. The minimum absolute atomic E-state index is 0.0184. The minimum Gasteiger partial charge on any atom is -0.392 e. The van der Waals surface area contributed by atoms with Gasteiger partial charge in [0.1, 0.15) is 0 Å². The van der Waals surface area contributed by atoms with E-state index in [2.05, 4.69) is 11.4 Å². The number of hydroxylamine groups is 1. The number of anilines is 1. The van der Waals surface area contributed by atoms with E-state index in [-0.39, 0.29) is 37.6 Å². The molecule has 220 valence electrons. The number of rotatable bonds is 12. The molecular weight excluding hydrogens is 574 g/mol. The summed E-state index contributed by atoms with van der Waals surface area (Å²) in [6, 6.07) is 23.3. The maximum atomic E-state index is 12.5. The fourth-order valence-electron chi connectivity index (χ4n) is 4.71. The lowest BCUT2D eigenvalue weighted by atomic mass is 10.0. The molecule has 0 saturated carbocycles. The molecular formula is C31H33N3O6S2. The molecule has 3 aromatic carbocycles. The molecule has 1 fully saturated rings. The number of ether oxygens (including phenoxy) is 2. The molecule has 42 heavy (non-hydrogen) atoms. The van der Waals surface area contributed by atoms with Crippen LogP contribution in [0.4, 0.5) is 5.69 Å². The van der Waals surface area contributed by atoms with Crippen molar-refractivity contribution in [3.63, 3.8) is 0 Å². The molecule has 3 atom stereocenters. The van der Waals surface area contributed by atoms with Crippen molar-refractivity contribution in [1.82, 2.24) is 10.5 Å². The monoisotopic (exact) mass is 607 g/mol. The van der Waals surface area contributed by atoms with Crippen molar-refractivity contribution in [2.24, 2.45) is 0 Å². The fraction of sp³-hybridized carbons (Fsp3) is 0.323. The van der Waals surface area contributed by atoms with E-state index in [0.29, 0.717) is 30.7 Å². The second kappa shape index (κ2) is 14.7. The molecule has 4 N–H and O–H groups in total. The van der Waals surface area contributed by atoms with E-state index in [1.807, 2.05) is 66.7 Å². The van der Waals surface area contributed by atoms with E-state index < -0.39 is 12.2 Å². The molecule has 1 aliphatic rings. The summed E-state index contributed by atoms with van der Waals surface area (Å²) in [6.45, 7) is -0.0184. The molecule has 1 aliphatic heterocycles. The summed E-state index contributed by atoms with van der Waals surface area (Å²) in [4.78, 5) is 28.4. The Morgan fingerprint density at radius 1 is 0.952 bits per heavy atom. The number of thiazole rings is 1. The van der Waals surface area contributed by atoms with Gasteiger partial charge >= 0.3 is 0 Å². The van der Waals surface area contributed by atoms with Gasteiger partial charge in [0.2, 0.25) is 11.8 Å². The van der Waals surface area contributed by atoms with Crippen LogP contribution in [0.25, 0.3) is 10.2 Å². The number of hydrogen-bond donors (Lipinski definition) is 4. The largest absolute Gasteiger partial charge is 0.392 e. The predicted molar refractivity (Wildman–Crippen MR) is 162 cm³/mol. The minimum atomic E-state index is -0.643. The summed E-state index contributed by atoms with van der Waals surface area (Å²) in [7, 11) is 0. The molecule has 5 rings (SSSR count). The quantitative estimate of drug-likeness (QED) is 0.0655. The number of thioether (sulfide) groups is 1. The lowest BCUT2D eigenvalue weighted by molar-refractivity contribution is -0.245. The highest BCUT2D eigenvalue weighted by Gasteiger charge is 2.32. The zero-order chi connectivity index (χ0) is 29.3. The third kappa shape index (κ3) is 8.15. The number of aliphatic hydroxyl groups is 1. The SMILES string of the molecule is O=C(CCCCC(=O)Nc1cccc(C2OC(CSc3nc4ccccc4s3)CC(c3ccc(CO)cc3)O2)c1)NO. The van der Waals surface area contributed by atoms with Crippen molar-refractivity contribution in [3.05, 3.63) is 89.5 Å². The Hall–Kier alpha value is -3.32. The van der Waals surface area contributed by atoms with E-state index in [9.17, 15) is 14.7 Å². The maximum Gasteiger partial charge on any atom is 0.243 e. The van der Waals surface area contributed by atoms with Crippen molar-refractivity contribution in [2.75, 3.05) is 11.1 Å². The zero-order valence-corrected chi connectivity index (χ0v) is 24.5. The fourth-order valence-corrected chi connectivity index (χ4v) is 6.83. The van der Waals surface area contributed by atoms with Crippen LogP contribution in [0.5, 0.6) is 0 Å². The van der Waals surface area contributed by atoms with Gasteiger partial charge in [0, 0.05) is 36.3 Å². The molecule has 0 bridgehead atoms. The molecule has 3 unspecified atom stereocenters. The lowest BCUT2D eigenvalue weighted by Crippen LogP contribution is -2.31. The van der Waals surface area contributed by atoms with Crippen LogP contribution in [0, 0.1) is 0 Å². The van der Waals surface area contributed by atoms with Crippen LogP contribution in [0.15, 0.2) is 77.1 Å². The van der Waals surface area contributed by atoms with Crippen molar-refractivity contribution in [2.45, 2.75) is 61.5 Å². The molecule has 0 radical (unpaired) electrons. The number of para-hydroxylation sites is 1. The smallest absolute Gasteiger partial charge is 0.243 e. The second-order valence-electron chi connectivity index (χ2n) is 10.0. The number of fused-ring (bicyclic) bond motifs is 1. The molecule has 9 nitrogen and oxygen atoms in total. The normalized spacial score (nSPS) is 18.6. The highest BCUT2D eigenvalue weighted by Crippen LogP contribution is 2.40. The van der Waals surface area contributed by atoms with Gasteiger partial charge in [-0.2, -0.15) is 0 Å². The van der Waals surface area contributed by atoms with Crippen molar-refractivity contribution in [1.29, 1.82) is 0 Å². The van der Waals surface area contributed by atoms with Crippen LogP contribution in [0.1, 0.15) is 61.2 Å². The first-order chi connectivity index (χ1) is 20.5. The first-order valence-corrected chi connectivity index (χ1v) is 15.6. The van der Waals surface area contributed by atoms with Gasteiger partial charge in [0.15, 0.2) is 10.6 Å². The number of nitrogens with one attached hydrogen (secondary N) is 2. The number of amides is 2. The van der Waals surface area contributed by atoms with Gasteiger partial charge in [0.05, 0.1) is 29.0 Å². The molecule has 2 heterocycles. The summed E-state index contributed by atoms with van der Waals surface area (Å²) in [5, 5.41) is 21.0. The first-order valence-electron chi connectivity index (χ1n) is 13.8. The van der Waals surface area contributed by atoms with Crippen LogP contribution >= 0.6 is 23.1 Å². The number of carbonyl (C=O) groups is 2. The second-order valence-corrected chi connectivity index (χ2v) is 12.3. The van der Waals surface area contributed by atoms with Crippen LogP contribution < -0.4 is 10.8 Å². The highest BCUT2D eigenvalue weighted by molar-refractivity contribution is 8.01. The van der Waals surface area contributed by atoms with Gasteiger partial charge in [-0.05, 0) is 48.2 Å². The van der Waals surface area contributed by atoms with Crippen LogP contribution in [-0.4, -0.2) is 39.0 Å². The summed E-state index contributed by atoms with van der Waals surface area (Å²) in [6.07, 6.45) is 1.14. The first kappa shape index (κ1) is 30.1. The van der Waals surface area contributed by atoms with E-state index in [4.69, 9.17) is 19.7 Å². The van der Waals surface area contributed by atoms with Gasteiger partial charge < -0.3 is 19.9 Å². The molecule has 0 aliphatic carbocycles. The number of hydrogen-bond acceptors (Lipinski definition) is 9. The van der Waals surface area contributed by atoms with Crippen LogP contribution in [-0.2, 0) is 25.7 Å². The average molecular weight is 608 g/mol. The topological polar surface area (TPSA) is 130 Å². The van der Waals surface area contributed by atoms with Crippen LogP contribution in [0.3, 0.4) is 0 Å². The number of nitrogens with zero attached hydrogens (tertiary/aromatic N) is 1. The molecule has 2 amide bonds. The van der Waals surface area contributed by atoms with Crippen molar-refractivity contribution >= 4 is 50.8 Å². The van der Waals surface area contributed by atoms with Crippen LogP contribution in [0.2, 0.25) is 0 Å². The third-order valence-corrected chi connectivity index (χ3v) is 9.22. The Kier molecular flexibility index (Phi) is 10.6. The maximum absolute atomic E-state index is 12.5. The Labute approximate surface area is 252 Å². The van der Waals surface area contributed by atoms with E-state index in [0.717, 1.165) is 31.2 Å². The Balaban J connectivity index is 1.27. The average Bonchev–Trinajstić information content (AvgIpc) is 3.45. The van der Waals surface area contributed by atoms with E-state index in [1.165, 1.54) is 0 Å². The molecule has 0 spiro atoms. The number of carbonyl (C=O) groups excluding carboxylic acids is 2. The molecule has 11 heteroatoms. The van der Waals surface area contributed by atoms with Crippen molar-refractivity contribution < 1.29 is 29.4 Å². The van der Waals surface area contributed by atoms with Gasteiger partial charge in [-0.3, -0.25) is 14.8 Å². The summed E-state index contributed by atoms with van der Waals surface area (Å²) < 4.78 is 15.1. The molecule has 1 aromatic heterocycles.